The highest BCUT2D eigenvalue weighted by Crippen LogP contribution is 2.34. The number of ether oxygens (including phenoxy) is 1. The molecular weight excluding hydrogens is 437 g/mol. The van der Waals surface area contributed by atoms with E-state index in [1.54, 1.807) is 12.1 Å². The lowest BCUT2D eigenvalue weighted by Gasteiger charge is -2.33. The number of urea groups is 1. The standard InChI is InChI=1S/C24H30FN7O2/c1-24(2,3)32-22-19(12-27-32)21(31-13-17-8-9-18(14-31)34-17)29-20(30-22)15-4-6-16(7-5-15)28-23(33)26-11-10-25/h4-7,12,17-18H,8-11,13-14H2,1-3H3,(H2,26,28,33). The van der Waals surface area contributed by atoms with Gasteiger partial charge < -0.3 is 20.3 Å². The first kappa shape index (κ1) is 22.5. The normalized spacial score (nSPS) is 20.1. The average molecular weight is 468 g/mol. The Morgan fingerprint density at radius 2 is 1.85 bits per heavy atom. The fraction of sp³-hybridized carbons (Fsp3) is 0.500. The molecule has 2 unspecified atom stereocenters. The van der Waals surface area contributed by atoms with Gasteiger partial charge in [0, 0.05) is 30.9 Å². The Bertz CT molecular complexity index is 1180. The number of morpholine rings is 1. The highest BCUT2D eigenvalue weighted by molar-refractivity contribution is 5.90. The van der Waals surface area contributed by atoms with Crippen LogP contribution in [0.1, 0.15) is 33.6 Å². The van der Waals surface area contributed by atoms with Crippen LogP contribution in [0.3, 0.4) is 0 Å². The molecule has 1 aromatic carbocycles. The molecule has 9 nitrogen and oxygen atoms in total. The second-order valence-corrected chi connectivity index (χ2v) is 9.84. The maximum absolute atomic E-state index is 12.3. The summed E-state index contributed by atoms with van der Waals surface area (Å²) in [5.41, 5.74) is 1.98. The summed E-state index contributed by atoms with van der Waals surface area (Å²) in [5, 5.41) is 10.7. The third-order valence-electron chi connectivity index (χ3n) is 6.17. The first-order valence-electron chi connectivity index (χ1n) is 11.7. The van der Waals surface area contributed by atoms with Crippen molar-refractivity contribution in [3.8, 4) is 11.4 Å². The van der Waals surface area contributed by atoms with E-state index in [0.29, 0.717) is 11.5 Å². The third kappa shape index (κ3) is 4.42. The van der Waals surface area contributed by atoms with Gasteiger partial charge in [-0.15, -0.1) is 0 Å². The zero-order chi connectivity index (χ0) is 23.9. The maximum atomic E-state index is 12.3. The predicted molar refractivity (Wildman–Crippen MR) is 129 cm³/mol. The van der Waals surface area contributed by atoms with Gasteiger partial charge in [0.2, 0.25) is 0 Å². The van der Waals surface area contributed by atoms with Crippen molar-refractivity contribution in [1.82, 2.24) is 25.1 Å². The predicted octanol–water partition coefficient (Wildman–Crippen LogP) is 3.71. The summed E-state index contributed by atoms with van der Waals surface area (Å²) in [6, 6.07) is 6.87. The number of hydrogen-bond acceptors (Lipinski definition) is 6. The second-order valence-electron chi connectivity index (χ2n) is 9.84. The van der Waals surface area contributed by atoms with Crippen molar-refractivity contribution in [1.29, 1.82) is 0 Å². The Morgan fingerprint density at radius 1 is 1.15 bits per heavy atom. The van der Waals surface area contributed by atoms with Gasteiger partial charge in [-0.25, -0.2) is 23.8 Å². The summed E-state index contributed by atoms with van der Waals surface area (Å²) >= 11 is 0. The second kappa shape index (κ2) is 8.83. The maximum Gasteiger partial charge on any atom is 0.319 e. The molecule has 10 heteroatoms. The molecule has 2 bridgehead atoms. The van der Waals surface area contributed by atoms with Crippen LogP contribution in [0.15, 0.2) is 30.5 Å². The molecule has 2 amide bonds. The van der Waals surface area contributed by atoms with Crippen LogP contribution in [-0.4, -0.2) is 64.3 Å². The van der Waals surface area contributed by atoms with Crippen LogP contribution < -0.4 is 15.5 Å². The average Bonchev–Trinajstić information content (AvgIpc) is 3.40. The molecule has 2 aromatic heterocycles. The first-order valence-corrected chi connectivity index (χ1v) is 11.7. The van der Waals surface area contributed by atoms with Gasteiger partial charge in [0.05, 0.1) is 29.3 Å². The largest absolute Gasteiger partial charge is 0.371 e. The van der Waals surface area contributed by atoms with Crippen LogP contribution in [-0.2, 0) is 10.3 Å². The van der Waals surface area contributed by atoms with E-state index in [1.165, 1.54) is 0 Å². The smallest absolute Gasteiger partial charge is 0.319 e. The molecule has 0 saturated carbocycles. The van der Waals surface area contributed by atoms with Crippen molar-refractivity contribution in [3.63, 3.8) is 0 Å². The molecule has 0 radical (unpaired) electrons. The van der Waals surface area contributed by atoms with E-state index in [0.717, 1.165) is 48.3 Å². The van der Waals surface area contributed by atoms with Gasteiger partial charge in [-0.1, -0.05) is 0 Å². The molecule has 2 fully saturated rings. The highest BCUT2D eigenvalue weighted by Gasteiger charge is 2.35. The number of benzene rings is 1. The Morgan fingerprint density at radius 3 is 2.50 bits per heavy atom. The fourth-order valence-electron chi connectivity index (χ4n) is 4.58. The van der Waals surface area contributed by atoms with Gasteiger partial charge in [0.1, 0.15) is 12.5 Å². The number of rotatable bonds is 5. The number of aromatic nitrogens is 4. The Labute approximate surface area is 197 Å². The van der Waals surface area contributed by atoms with Gasteiger partial charge >= 0.3 is 6.03 Å². The molecule has 180 valence electrons. The van der Waals surface area contributed by atoms with Crippen molar-refractivity contribution in [2.45, 2.75) is 51.4 Å². The molecule has 2 N–H and O–H groups in total. The summed E-state index contributed by atoms with van der Waals surface area (Å²) in [4.78, 5) is 24.0. The molecule has 3 aromatic rings. The molecule has 0 aliphatic carbocycles. The minimum atomic E-state index is -0.607. The van der Waals surface area contributed by atoms with E-state index in [9.17, 15) is 9.18 Å². The Kier molecular flexibility index (Phi) is 5.85. The number of carbonyl (C=O) groups is 1. The van der Waals surface area contributed by atoms with Gasteiger partial charge in [-0.3, -0.25) is 0 Å². The molecule has 0 spiro atoms. The molecule has 34 heavy (non-hydrogen) atoms. The number of nitrogens with zero attached hydrogens (tertiary/aromatic N) is 5. The van der Waals surface area contributed by atoms with E-state index in [-0.39, 0.29) is 24.3 Å². The van der Waals surface area contributed by atoms with Crippen LogP contribution in [0.4, 0.5) is 20.7 Å². The number of alkyl halides is 1. The summed E-state index contributed by atoms with van der Waals surface area (Å²) in [6.07, 6.45) is 4.49. The lowest BCUT2D eigenvalue weighted by molar-refractivity contribution is 0.0303. The number of halogens is 1. The van der Waals surface area contributed by atoms with E-state index in [4.69, 9.17) is 14.7 Å². The van der Waals surface area contributed by atoms with Crippen molar-refractivity contribution in [2.24, 2.45) is 0 Å². The van der Waals surface area contributed by atoms with Crippen molar-refractivity contribution in [3.05, 3.63) is 30.5 Å². The molecule has 2 saturated heterocycles. The van der Waals surface area contributed by atoms with Gasteiger partial charge in [-0.2, -0.15) is 5.10 Å². The van der Waals surface area contributed by atoms with E-state index in [1.807, 2.05) is 23.0 Å². The lowest BCUT2D eigenvalue weighted by atomic mass is 10.1. The first-order chi connectivity index (χ1) is 16.3. The number of carbonyl (C=O) groups excluding carboxylic acids is 1. The van der Waals surface area contributed by atoms with Crippen molar-refractivity contribution in [2.75, 3.05) is 36.5 Å². The van der Waals surface area contributed by atoms with Gasteiger partial charge in [-0.05, 0) is 57.9 Å². The quantitative estimate of drug-likeness (QED) is 0.594. The van der Waals surface area contributed by atoms with E-state index < -0.39 is 12.7 Å². The van der Waals surface area contributed by atoms with Crippen LogP contribution >= 0.6 is 0 Å². The highest BCUT2D eigenvalue weighted by atomic mass is 19.1. The topological polar surface area (TPSA) is 97.2 Å². The Hall–Kier alpha value is -3.27. The monoisotopic (exact) mass is 467 g/mol. The van der Waals surface area contributed by atoms with Gasteiger partial charge in [0.25, 0.3) is 0 Å². The molecular formula is C24H30FN7O2. The van der Waals surface area contributed by atoms with E-state index in [2.05, 4.69) is 41.4 Å². The summed E-state index contributed by atoms with van der Waals surface area (Å²) in [7, 11) is 0. The fourth-order valence-corrected chi connectivity index (χ4v) is 4.58. The lowest BCUT2D eigenvalue weighted by Crippen LogP contribution is -2.43. The van der Waals surface area contributed by atoms with Crippen molar-refractivity contribution >= 4 is 28.6 Å². The zero-order valence-corrected chi connectivity index (χ0v) is 19.7. The van der Waals surface area contributed by atoms with Crippen LogP contribution in [0, 0.1) is 0 Å². The number of amides is 2. The molecule has 2 aliphatic heterocycles. The molecule has 2 aliphatic rings. The summed E-state index contributed by atoms with van der Waals surface area (Å²) in [5.74, 6) is 1.48. The van der Waals surface area contributed by atoms with Gasteiger partial charge in [0.15, 0.2) is 11.5 Å². The number of nitrogens with one attached hydrogen (secondary N) is 2. The molecule has 4 heterocycles. The van der Waals surface area contributed by atoms with E-state index >= 15 is 0 Å². The zero-order valence-electron chi connectivity index (χ0n) is 19.7. The number of fused-ring (bicyclic) bond motifs is 3. The minimum absolute atomic E-state index is 0.0226. The SMILES string of the molecule is CC(C)(C)n1ncc2c(N3CC4CCC(C3)O4)nc(-c3ccc(NC(=O)NCCF)cc3)nc21. The van der Waals surface area contributed by atoms with Crippen LogP contribution in [0.25, 0.3) is 22.4 Å². The number of hydrogen-bond donors (Lipinski definition) is 2. The Balaban J connectivity index is 1.51. The molecule has 2 atom stereocenters. The third-order valence-corrected chi connectivity index (χ3v) is 6.17. The molecule has 5 rings (SSSR count). The minimum Gasteiger partial charge on any atom is -0.371 e. The van der Waals surface area contributed by atoms with Crippen LogP contribution in [0.5, 0.6) is 0 Å². The number of anilines is 2. The van der Waals surface area contributed by atoms with Crippen molar-refractivity contribution < 1.29 is 13.9 Å². The summed E-state index contributed by atoms with van der Waals surface area (Å²) < 4.78 is 20.2. The summed E-state index contributed by atoms with van der Waals surface area (Å²) in [6.45, 7) is 7.29. The van der Waals surface area contributed by atoms with Crippen LogP contribution in [0.2, 0.25) is 0 Å².